The minimum atomic E-state index is -0.371. The predicted molar refractivity (Wildman–Crippen MR) is 81.9 cm³/mol. The van der Waals surface area contributed by atoms with Crippen LogP contribution < -0.4 is 5.32 Å². The molecule has 2 N–H and O–H groups in total. The Kier molecular flexibility index (Phi) is 6.75. The second-order valence-corrected chi connectivity index (χ2v) is 6.88. The average Bonchev–Trinajstić information content (AvgIpc) is 3.15. The Labute approximate surface area is 123 Å². The third kappa shape index (κ3) is 6.08. The normalized spacial score (nSPS) is 25.5. The summed E-state index contributed by atoms with van der Waals surface area (Å²) in [5.41, 5.74) is 0. The maximum atomic E-state index is 9.90. The number of rotatable bonds is 10. The number of nitrogens with one attached hydrogen (secondary N) is 1. The molecule has 0 aromatic carbocycles. The van der Waals surface area contributed by atoms with Crippen molar-refractivity contribution in [2.75, 3.05) is 32.8 Å². The van der Waals surface area contributed by atoms with E-state index in [0.29, 0.717) is 19.2 Å². The van der Waals surface area contributed by atoms with E-state index in [1.165, 1.54) is 32.2 Å². The van der Waals surface area contributed by atoms with Crippen LogP contribution in [0.15, 0.2) is 0 Å². The molecule has 1 saturated carbocycles. The van der Waals surface area contributed by atoms with Crippen molar-refractivity contribution in [1.29, 1.82) is 0 Å². The van der Waals surface area contributed by atoms with Crippen LogP contribution in [0.5, 0.6) is 0 Å². The zero-order valence-corrected chi connectivity index (χ0v) is 13.2. The highest BCUT2D eigenvalue weighted by Gasteiger charge is 2.34. The van der Waals surface area contributed by atoms with Crippen LogP contribution >= 0.6 is 0 Å². The number of hydrogen-bond acceptors (Lipinski definition) is 4. The average molecular weight is 284 g/mol. The number of likely N-dealkylation sites (tertiary alicyclic amines) is 1. The van der Waals surface area contributed by atoms with Gasteiger partial charge in [0.1, 0.15) is 0 Å². The van der Waals surface area contributed by atoms with E-state index in [1.807, 2.05) is 0 Å². The minimum Gasteiger partial charge on any atom is -0.389 e. The molecule has 2 atom stereocenters. The van der Waals surface area contributed by atoms with Crippen LogP contribution in [0, 0.1) is 5.92 Å². The van der Waals surface area contributed by atoms with Gasteiger partial charge in [-0.3, -0.25) is 4.90 Å². The predicted octanol–water partition coefficient (Wildman–Crippen LogP) is 1.63. The fraction of sp³-hybridized carbons (Fsp3) is 1.00. The Bertz CT molecular complexity index is 269. The highest BCUT2D eigenvalue weighted by atomic mass is 16.5. The Balaban J connectivity index is 1.44. The molecule has 1 heterocycles. The molecular formula is C16H32N2O2. The summed E-state index contributed by atoms with van der Waals surface area (Å²) >= 11 is 0. The van der Waals surface area contributed by atoms with Gasteiger partial charge in [0.05, 0.1) is 12.7 Å². The van der Waals surface area contributed by atoms with Crippen molar-refractivity contribution in [1.82, 2.24) is 10.2 Å². The molecular weight excluding hydrogens is 252 g/mol. The number of aliphatic hydroxyl groups is 1. The Hall–Kier alpha value is -0.160. The van der Waals surface area contributed by atoms with E-state index in [1.54, 1.807) is 0 Å². The van der Waals surface area contributed by atoms with Crippen molar-refractivity contribution in [3.05, 3.63) is 0 Å². The maximum absolute atomic E-state index is 9.90. The molecule has 4 nitrogen and oxygen atoms in total. The van der Waals surface area contributed by atoms with Crippen molar-refractivity contribution in [2.24, 2.45) is 5.92 Å². The summed E-state index contributed by atoms with van der Waals surface area (Å²) in [6.07, 6.45) is 5.92. The van der Waals surface area contributed by atoms with E-state index < -0.39 is 0 Å². The van der Waals surface area contributed by atoms with Crippen molar-refractivity contribution >= 4 is 0 Å². The SMILES string of the molecule is CC(C)CCCOCC(O)CNC1CCN(C2CC2)C1. The van der Waals surface area contributed by atoms with E-state index >= 15 is 0 Å². The molecule has 4 heteroatoms. The van der Waals surface area contributed by atoms with Crippen LogP contribution in [0.1, 0.15) is 46.0 Å². The first-order chi connectivity index (χ1) is 9.65. The van der Waals surface area contributed by atoms with E-state index in [0.717, 1.165) is 31.5 Å². The van der Waals surface area contributed by atoms with Crippen molar-refractivity contribution < 1.29 is 9.84 Å². The van der Waals surface area contributed by atoms with Gasteiger partial charge in [-0.1, -0.05) is 13.8 Å². The van der Waals surface area contributed by atoms with E-state index in [9.17, 15) is 5.11 Å². The van der Waals surface area contributed by atoms with Crippen molar-refractivity contribution in [3.63, 3.8) is 0 Å². The van der Waals surface area contributed by atoms with Crippen LogP contribution in [0.25, 0.3) is 0 Å². The van der Waals surface area contributed by atoms with Gasteiger partial charge in [0.25, 0.3) is 0 Å². The van der Waals surface area contributed by atoms with Crippen molar-refractivity contribution in [3.8, 4) is 0 Å². The van der Waals surface area contributed by atoms with E-state index in [2.05, 4.69) is 24.1 Å². The molecule has 2 aliphatic rings. The molecule has 2 fully saturated rings. The van der Waals surface area contributed by atoms with E-state index in [-0.39, 0.29) is 6.10 Å². The molecule has 2 unspecified atom stereocenters. The smallest absolute Gasteiger partial charge is 0.0897 e. The molecule has 0 radical (unpaired) electrons. The highest BCUT2D eigenvalue weighted by Crippen LogP contribution is 2.29. The van der Waals surface area contributed by atoms with Gasteiger partial charge >= 0.3 is 0 Å². The van der Waals surface area contributed by atoms with Gasteiger partial charge in [-0.25, -0.2) is 0 Å². The van der Waals surface area contributed by atoms with Gasteiger partial charge in [0.15, 0.2) is 0 Å². The molecule has 0 aromatic heterocycles. The first kappa shape index (κ1) is 16.2. The summed E-state index contributed by atoms with van der Waals surface area (Å²) in [6.45, 7) is 8.74. The van der Waals surface area contributed by atoms with Crippen LogP contribution in [-0.4, -0.2) is 61.0 Å². The topological polar surface area (TPSA) is 44.7 Å². The summed E-state index contributed by atoms with van der Waals surface area (Å²) in [5.74, 6) is 0.738. The first-order valence-electron chi connectivity index (χ1n) is 8.38. The van der Waals surface area contributed by atoms with Crippen LogP contribution in [0.3, 0.4) is 0 Å². The fourth-order valence-corrected chi connectivity index (χ4v) is 2.90. The van der Waals surface area contributed by atoms with Crippen LogP contribution in [0.2, 0.25) is 0 Å². The monoisotopic (exact) mass is 284 g/mol. The Morgan fingerprint density at radius 3 is 2.80 bits per heavy atom. The van der Waals surface area contributed by atoms with Gasteiger partial charge in [-0.15, -0.1) is 0 Å². The third-order valence-electron chi connectivity index (χ3n) is 4.31. The molecule has 0 spiro atoms. The number of hydrogen-bond donors (Lipinski definition) is 2. The summed E-state index contributed by atoms with van der Waals surface area (Å²) in [4.78, 5) is 2.59. The summed E-state index contributed by atoms with van der Waals surface area (Å²) < 4.78 is 5.53. The summed E-state index contributed by atoms with van der Waals surface area (Å²) in [5, 5.41) is 13.4. The molecule has 0 aromatic rings. The van der Waals surface area contributed by atoms with Gasteiger partial charge < -0.3 is 15.2 Å². The lowest BCUT2D eigenvalue weighted by Crippen LogP contribution is -2.39. The fourth-order valence-electron chi connectivity index (χ4n) is 2.90. The second-order valence-electron chi connectivity index (χ2n) is 6.88. The third-order valence-corrected chi connectivity index (χ3v) is 4.31. The van der Waals surface area contributed by atoms with Gasteiger partial charge in [0, 0.05) is 38.3 Å². The molecule has 0 amide bonds. The molecule has 20 heavy (non-hydrogen) atoms. The lowest BCUT2D eigenvalue weighted by atomic mass is 10.1. The van der Waals surface area contributed by atoms with Crippen LogP contribution in [-0.2, 0) is 4.74 Å². The molecule has 1 aliphatic carbocycles. The largest absolute Gasteiger partial charge is 0.389 e. The molecule has 2 rings (SSSR count). The van der Waals surface area contributed by atoms with Gasteiger partial charge in [-0.05, 0) is 38.0 Å². The summed E-state index contributed by atoms with van der Waals surface area (Å²) in [6, 6.07) is 1.43. The molecule has 1 aliphatic heterocycles. The number of ether oxygens (including phenoxy) is 1. The second kappa shape index (κ2) is 8.32. The molecule has 118 valence electrons. The van der Waals surface area contributed by atoms with Crippen LogP contribution in [0.4, 0.5) is 0 Å². The van der Waals surface area contributed by atoms with Crippen molar-refractivity contribution in [2.45, 2.75) is 64.1 Å². The molecule has 1 saturated heterocycles. The summed E-state index contributed by atoms with van der Waals surface area (Å²) in [7, 11) is 0. The Morgan fingerprint density at radius 2 is 2.10 bits per heavy atom. The zero-order chi connectivity index (χ0) is 14.4. The Morgan fingerprint density at radius 1 is 1.30 bits per heavy atom. The molecule has 0 bridgehead atoms. The zero-order valence-electron chi connectivity index (χ0n) is 13.2. The lowest BCUT2D eigenvalue weighted by molar-refractivity contribution is 0.0336. The standard InChI is InChI=1S/C16H32N2O2/c1-13(2)4-3-9-20-12-16(19)10-17-14-7-8-18(11-14)15-5-6-15/h13-17,19H,3-12H2,1-2H3. The number of nitrogens with zero attached hydrogens (tertiary/aromatic N) is 1. The quantitative estimate of drug-likeness (QED) is 0.599. The van der Waals surface area contributed by atoms with Gasteiger partial charge in [0.2, 0.25) is 0 Å². The van der Waals surface area contributed by atoms with E-state index in [4.69, 9.17) is 4.74 Å². The minimum absolute atomic E-state index is 0.371. The van der Waals surface area contributed by atoms with Gasteiger partial charge in [-0.2, -0.15) is 0 Å². The maximum Gasteiger partial charge on any atom is 0.0897 e. The highest BCUT2D eigenvalue weighted by molar-refractivity contribution is 4.91. The lowest BCUT2D eigenvalue weighted by Gasteiger charge is -2.18. The first-order valence-corrected chi connectivity index (χ1v) is 8.38. The number of aliphatic hydroxyl groups excluding tert-OH is 1.